The Bertz CT molecular complexity index is 996. The minimum atomic E-state index is -0.162. The van der Waals surface area contributed by atoms with Gasteiger partial charge in [-0.1, -0.05) is 36.4 Å². The highest BCUT2D eigenvalue weighted by Gasteiger charge is 2.28. The molecule has 1 saturated heterocycles. The van der Waals surface area contributed by atoms with Gasteiger partial charge in [-0.3, -0.25) is 9.69 Å². The molecule has 4 nitrogen and oxygen atoms in total. The summed E-state index contributed by atoms with van der Waals surface area (Å²) in [5.74, 6) is -0.124. The lowest BCUT2D eigenvalue weighted by Crippen LogP contribution is -2.48. The molecular formula is C23H26FN3O. The van der Waals surface area contributed by atoms with Gasteiger partial charge < -0.3 is 9.47 Å². The SMILES string of the molecule is CN(C(=O)c1cc2ccccc2n1C)C1CCCN(Cc2ccccc2F)C1. The van der Waals surface area contributed by atoms with Gasteiger partial charge in [0.2, 0.25) is 0 Å². The molecule has 1 atom stereocenters. The maximum atomic E-state index is 14.0. The molecule has 3 aromatic rings. The average molecular weight is 379 g/mol. The first-order valence-corrected chi connectivity index (χ1v) is 9.82. The van der Waals surface area contributed by atoms with Crippen molar-refractivity contribution in [2.24, 2.45) is 7.05 Å². The van der Waals surface area contributed by atoms with Crippen LogP contribution in [0.1, 0.15) is 28.9 Å². The van der Waals surface area contributed by atoms with Gasteiger partial charge in [0.15, 0.2) is 0 Å². The van der Waals surface area contributed by atoms with Crippen LogP contribution in [0.5, 0.6) is 0 Å². The molecule has 146 valence electrons. The molecule has 0 bridgehead atoms. The number of aromatic nitrogens is 1. The van der Waals surface area contributed by atoms with E-state index in [1.54, 1.807) is 6.07 Å². The van der Waals surface area contributed by atoms with E-state index < -0.39 is 0 Å². The number of nitrogens with zero attached hydrogens (tertiary/aromatic N) is 3. The molecule has 1 aliphatic heterocycles. The van der Waals surface area contributed by atoms with Crippen molar-refractivity contribution in [2.45, 2.75) is 25.4 Å². The largest absolute Gasteiger partial charge is 0.340 e. The van der Waals surface area contributed by atoms with Crippen LogP contribution in [0.3, 0.4) is 0 Å². The van der Waals surface area contributed by atoms with Crippen LogP contribution in [-0.2, 0) is 13.6 Å². The van der Waals surface area contributed by atoms with Gasteiger partial charge in [0, 0.05) is 49.7 Å². The smallest absolute Gasteiger partial charge is 0.270 e. The Morgan fingerprint density at radius 3 is 2.71 bits per heavy atom. The van der Waals surface area contributed by atoms with E-state index in [1.165, 1.54) is 6.07 Å². The topological polar surface area (TPSA) is 28.5 Å². The first kappa shape index (κ1) is 18.7. The second kappa shape index (κ2) is 7.76. The van der Waals surface area contributed by atoms with Crippen LogP contribution in [0.15, 0.2) is 54.6 Å². The fraction of sp³-hybridized carbons (Fsp3) is 0.348. The van der Waals surface area contributed by atoms with Crippen LogP contribution < -0.4 is 0 Å². The van der Waals surface area contributed by atoms with Gasteiger partial charge in [0.25, 0.3) is 5.91 Å². The monoisotopic (exact) mass is 379 g/mol. The van der Waals surface area contributed by atoms with E-state index in [0.29, 0.717) is 17.8 Å². The molecule has 2 heterocycles. The number of hydrogen-bond acceptors (Lipinski definition) is 2. The molecule has 1 aromatic heterocycles. The third-order valence-electron chi connectivity index (χ3n) is 5.87. The zero-order valence-corrected chi connectivity index (χ0v) is 16.4. The van der Waals surface area contributed by atoms with E-state index in [9.17, 15) is 9.18 Å². The third kappa shape index (κ3) is 3.54. The van der Waals surface area contributed by atoms with Crippen molar-refractivity contribution in [1.29, 1.82) is 0 Å². The summed E-state index contributed by atoms with van der Waals surface area (Å²) in [7, 11) is 3.83. The second-order valence-corrected chi connectivity index (χ2v) is 7.69. The Balaban J connectivity index is 1.49. The number of carbonyl (C=O) groups excluding carboxylic acids is 1. The number of piperidine rings is 1. The highest BCUT2D eigenvalue weighted by Crippen LogP contribution is 2.23. The molecule has 0 radical (unpaired) electrons. The lowest BCUT2D eigenvalue weighted by atomic mass is 10.0. The molecule has 0 spiro atoms. The fourth-order valence-corrected chi connectivity index (χ4v) is 4.20. The van der Waals surface area contributed by atoms with Crippen LogP contribution in [0, 0.1) is 5.82 Å². The fourth-order valence-electron chi connectivity index (χ4n) is 4.20. The van der Waals surface area contributed by atoms with Gasteiger partial charge in [-0.05, 0) is 37.6 Å². The number of likely N-dealkylation sites (tertiary alicyclic amines) is 1. The maximum Gasteiger partial charge on any atom is 0.270 e. The first-order chi connectivity index (χ1) is 13.5. The zero-order chi connectivity index (χ0) is 19.7. The Labute approximate surface area is 165 Å². The van der Waals surface area contributed by atoms with E-state index in [0.717, 1.165) is 36.8 Å². The predicted molar refractivity (Wildman–Crippen MR) is 110 cm³/mol. The summed E-state index contributed by atoms with van der Waals surface area (Å²) in [5, 5.41) is 1.08. The molecule has 0 N–H and O–H groups in total. The second-order valence-electron chi connectivity index (χ2n) is 7.69. The number of aryl methyl sites for hydroxylation is 1. The summed E-state index contributed by atoms with van der Waals surface area (Å²) >= 11 is 0. The number of likely N-dealkylation sites (N-methyl/N-ethyl adjacent to an activating group) is 1. The molecule has 1 aliphatic rings. The maximum absolute atomic E-state index is 14.0. The summed E-state index contributed by atoms with van der Waals surface area (Å²) in [6.07, 6.45) is 1.98. The highest BCUT2D eigenvalue weighted by molar-refractivity contribution is 5.98. The highest BCUT2D eigenvalue weighted by atomic mass is 19.1. The number of halogens is 1. The van der Waals surface area contributed by atoms with Crippen LogP contribution in [0.2, 0.25) is 0 Å². The van der Waals surface area contributed by atoms with Crippen molar-refractivity contribution in [3.05, 3.63) is 71.7 Å². The molecule has 4 rings (SSSR count). The Morgan fingerprint density at radius 2 is 1.93 bits per heavy atom. The minimum Gasteiger partial charge on any atom is -0.340 e. The molecule has 1 fully saturated rings. The van der Waals surface area contributed by atoms with Crippen molar-refractivity contribution < 1.29 is 9.18 Å². The molecule has 0 saturated carbocycles. The number of benzene rings is 2. The van der Waals surface area contributed by atoms with Gasteiger partial charge in [-0.25, -0.2) is 4.39 Å². The molecule has 0 aliphatic carbocycles. The van der Waals surface area contributed by atoms with Gasteiger partial charge in [-0.15, -0.1) is 0 Å². The van der Waals surface area contributed by atoms with Gasteiger partial charge >= 0.3 is 0 Å². The van der Waals surface area contributed by atoms with Gasteiger partial charge in [0.05, 0.1) is 0 Å². The quantitative estimate of drug-likeness (QED) is 0.684. The Kier molecular flexibility index (Phi) is 5.18. The number of carbonyl (C=O) groups is 1. The first-order valence-electron chi connectivity index (χ1n) is 9.82. The molecule has 5 heteroatoms. The normalized spacial score (nSPS) is 17.8. The van der Waals surface area contributed by atoms with Crippen molar-refractivity contribution >= 4 is 16.8 Å². The molecule has 2 aromatic carbocycles. The summed E-state index contributed by atoms with van der Waals surface area (Å²) in [6, 6.07) is 17.1. The summed E-state index contributed by atoms with van der Waals surface area (Å²) in [5.41, 5.74) is 2.48. The van der Waals surface area contributed by atoms with Crippen molar-refractivity contribution in [3.8, 4) is 0 Å². The van der Waals surface area contributed by atoms with E-state index in [2.05, 4.69) is 4.90 Å². The molecular weight excluding hydrogens is 353 g/mol. The van der Waals surface area contributed by atoms with Crippen molar-refractivity contribution in [1.82, 2.24) is 14.4 Å². The summed E-state index contributed by atoms with van der Waals surface area (Å²) in [6.45, 7) is 2.28. The summed E-state index contributed by atoms with van der Waals surface area (Å²) in [4.78, 5) is 17.3. The standard InChI is InChI=1S/C23H26FN3O/c1-25(23(28)22-14-17-8-4-6-12-21(17)26(22)2)19-10-7-13-27(16-19)15-18-9-3-5-11-20(18)24/h3-6,8-9,11-12,14,19H,7,10,13,15-16H2,1-2H3. The van der Waals surface area contributed by atoms with E-state index >= 15 is 0 Å². The van der Waals surface area contributed by atoms with E-state index in [4.69, 9.17) is 0 Å². The van der Waals surface area contributed by atoms with Gasteiger partial charge in [0.1, 0.15) is 11.5 Å². The number of amides is 1. The number of para-hydroxylation sites is 1. The number of hydrogen-bond donors (Lipinski definition) is 0. The van der Waals surface area contributed by atoms with Crippen LogP contribution in [0.4, 0.5) is 4.39 Å². The lowest BCUT2D eigenvalue weighted by Gasteiger charge is -2.37. The number of fused-ring (bicyclic) bond motifs is 1. The Hall–Kier alpha value is -2.66. The van der Waals surface area contributed by atoms with E-state index in [1.807, 2.05) is 66.0 Å². The lowest BCUT2D eigenvalue weighted by molar-refractivity contribution is 0.0599. The van der Waals surface area contributed by atoms with Gasteiger partial charge in [-0.2, -0.15) is 0 Å². The Morgan fingerprint density at radius 1 is 1.18 bits per heavy atom. The van der Waals surface area contributed by atoms with E-state index in [-0.39, 0.29) is 17.8 Å². The molecule has 1 amide bonds. The molecule has 1 unspecified atom stereocenters. The number of rotatable bonds is 4. The third-order valence-corrected chi connectivity index (χ3v) is 5.87. The van der Waals surface area contributed by atoms with Crippen molar-refractivity contribution in [2.75, 3.05) is 20.1 Å². The summed E-state index contributed by atoms with van der Waals surface area (Å²) < 4.78 is 16.0. The zero-order valence-electron chi connectivity index (χ0n) is 16.4. The van der Waals surface area contributed by atoms with Crippen molar-refractivity contribution in [3.63, 3.8) is 0 Å². The average Bonchev–Trinajstić information content (AvgIpc) is 3.06. The van der Waals surface area contributed by atoms with Crippen LogP contribution >= 0.6 is 0 Å². The molecule has 28 heavy (non-hydrogen) atoms. The van der Waals surface area contributed by atoms with Crippen LogP contribution in [0.25, 0.3) is 10.9 Å². The van der Waals surface area contributed by atoms with Crippen LogP contribution in [-0.4, -0.2) is 46.5 Å². The predicted octanol–water partition coefficient (Wildman–Crippen LogP) is 4.05. The minimum absolute atomic E-state index is 0.0384.